The van der Waals surface area contributed by atoms with Gasteiger partial charge in [-0.05, 0) is 31.4 Å². The van der Waals surface area contributed by atoms with Crippen LogP contribution >= 0.6 is 0 Å². The van der Waals surface area contributed by atoms with Crippen molar-refractivity contribution in [3.05, 3.63) is 35.9 Å². The maximum absolute atomic E-state index is 5.84. The summed E-state index contributed by atoms with van der Waals surface area (Å²) in [6.07, 6.45) is 3.53. The summed E-state index contributed by atoms with van der Waals surface area (Å²) < 4.78 is 11.4. The first-order chi connectivity index (χ1) is 9.40. The lowest BCUT2D eigenvalue weighted by molar-refractivity contribution is -0.102. The predicted molar refractivity (Wildman–Crippen MR) is 77.4 cm³/mol. The molecule has 0 spiro atoms. The zero-order valence-corrected chi connectivity index (χ0v) is 11.8. The quantitative estimate of drug-likeness (QED) is 0.819. The lowest BCUT2D eigenvalue weighted by Crippen LogP contribution is -2.47. The second kappa shape index (κ2) is 8.31. The zero-order valence-electron chi connectivity index (χ0n) is 11.8. The van der Waals surface area contributed by atoms with E-state index in [1.807, 2.05) is 0 Å². The van der Waals surface area contributed by atoms with E-state index in [-0.39, 0.29) is 6.10 Å². The van der Waals surface area contributed by atoms with Crippen LogP contribution in [0, 0.1) is 0 Å². The number of benzene rings is 1. The van der Waals surface area contributed by atoms with Crippen LogP contribution in [-0.4, -0.2) is 38.5 Å². The summed E-state index contributed by atoms with van der Waals surface area (Å²) in [7, 11) is 0. The fourth-order valence-electron chi connectivity index (χ4n) is 2.45. The van der Waals surface area contributed by atoms with Crippen LogP contribution in [0.25, 0.3) is 0 Å². The summed E-state index contributed by atoms with van der Waals surface area (Å²) in [5, 5.41) is 3.60. The van der Waals surface area contributed by atoms with Crippen molar-refractivity contribution in [1.82, 2.24) is 5.32 Å². The van der Waals surface area contributed by atoms with Crippen LogP contribution in [0.3, 0.4) is 0 Å². The van der Waals surface area contributed by atoms with Crippen molar-refractivity contribution in [2.75, 3.05) is 26.4 Å². The molecule has 1 heterocycles. The predicted octanol–water partition coefficient (Wildman–Crippen LogP) is 2.40. The summed E-state index contributed by atoms with van der Waals surface area (Å²) >= 11 is 0. The molecule has 3 nitrogen and oxygen atoms in total. The van der Waals surface area contributed by atoms with Crippen molar-refractivity contribution >= 4 is 0 Å². The number of hydrogen-bond donors (Lipinski definition) is 1. The summed E-state index contributed by atoms with van der Waals surface area (Å²) in [6.45, 7) is 5.41. The van der Waals surface area contributed by atoms with Gasteiger partial charge in [0.2, 0.25) is 0 Å². The molecule has 1 N–H and O–H groups in total. The third-order valence-electron chi connectivity index (χ3n) is 3.53. The Morgan fingerprint density at radius 2 is 2.11 bits per heavy atom. The highest BCUT2D eigenvalue weighted by Gasteiger charge is 2.24. The molecule has 0 bridgehead atoms. The smallest absolute Gasteiger partial charge is 0.0962 e. The molecule has 106 valence electrons. The highest BCUT2D eigenvalue weighted by atomic mass is 16.6. The summed E-state index contributed by atoms with van der Waals surface area (Å²) in [6, 6.07) is 11.0. The number of nitrogens with one attached hydrogen (secondary N) is 1. The molecule has 1 aliphatic rings. The Kier molecular flexibility index (Phi) is 6.34. The Labute approximate surface area is 116 Å². The van der Waals surface area contributed by atoms with Crippen LogP contribution in [0.1, 0.15) is 25.3 Å². The SMILES string of the molecule is CCCNC(CCc1ccccc1)C1COCCO1. The van der Waals surface area contributed by atoms with E-state index in [0.717, 1.165) is 45.6 Å². The van der Waals surface area contributed by atoms with Gasteiger partial charge in [-0.25, -0.2) is 0 Å². The Morgan fingerprint density at radius 3 is 2.79 bits per heavy atom. The van der Waals surface area contributed by atoms with Crippen LogP contribution in [0.4, 0.5) is 0 Å². The molecule has 2 atom stereocenters. The van der Waals surface area contributed by atoms with Crippen molar-refractivity contribution in [3.8, 4) is 0 Å². The van der Waals surface area contributed by atoms with E-state index in [2.05, 4.69) is 42.6 Å². The molecule has 0 aliphatic carbocycles. The first-order valence-electron chi connectivity index (χ1n) is 7.37. The van der Waals surface area contributed by atoms with E-state index in [9.17, 15) is 0 Å². The fraction of sp³-hybridized carbons (Fsp3) is 0.625. The first kappa shape index (κ1) is 14.5. The molecule has 1 saturated heterocycles. The van der Waals surface area contributed by atoms with Crippen molar-refractivity contribution in [1.29, 1.82) is 0 Å². The van der Waals surface area contributed by atoms with Crippen molar-refractivity contribution < 1.29 is 9.47 Å². The van der Waals surface area contributed by atoms with Gasteiger partial charge in [0.25, 0.3) is 0 Å². The first-order valence-corrected chi connectivity index (χ1v) is 7.37. The van der Waals surface area contributed by atoms with Crippen LogP contribution in [-0.2, 0) is 15.9 Å². The van der Waals surface area contributed by atoms with Gasteiger partial charge in [0.15, 0.2) is 0 Å². The van der Waals surface area contributed by atoms with E-state index >= 15 is 0 Å². The topological polar surface area (TPSA) is 30.5 Å². The van der Waals surface area contributed by atoms with Gasteiger partial charge in [-0.3, -0.25) is 0 Å². The third-order valence-corrected chi connectivity index (χ3v) is 3.53. The van der Waals surface area contributed by atoms with E-state index in [1.165, 1.54) is 5.56 Å². The molecule has 0 amide bonds. The van der Waals surface area contributed by atoms with E-state index < -0.39 is 0 Å². The minimum atomic E-state index is 0.198. The van der Waals surface area contributed by atoms with Gasteiger partial charge in [0.05, 0.1) is 25.9 Å². The molecule has 0 saturated carbocycles. The van der Waals surface area contributed by atoms with Gasteiger partial charge in [0, 0.05) is 6.04 Å². The Hall–Kier alpha value is -0.900. The molecule has 1 aliphatic heterocycles. The van der Waals surface area contributed by atoms with Gasteiger partial charge in [-0.15, -0.1) is 0 Å². The normalized spacial score (nSPS) is 21.2. The van der Waals surface area contributed by atoms with Crippen molar-refractivity contribution in [2.45, 2.75) is 38.3 Å². The van der Waals surface area contributed by atoms with Crippen LogP contribution in [0.2, 0.25) is 0 Å². The molecule has 2 rings (SSSR count). The van der Waals surface area contributed by atoms with Gasteiger partial charge >= 0.3 is 0 Å². The van der Waals surface area contributed by atoms with Crippen LogP contribution in [0.15, 0.2) is 30.3 Å². The third kappa shape index (κ3) is 4.94. The summed E-state index contributed by atoms with van der Waals surface area (Å²) in [5.41, 5.74) is 1.39. The molecular formula is C16H25NO2. The zero-order chi connectivity index (χ0) is 13.3. The van der Waals surface area contributed by atoms with E-state index in [4.69, 9.17) is 9.47 Å². The van der Waals surface area contributed by atoms with Crippen LogP contribution in [0.5, 0.6) is 0 Å². The van der Waals surface area contributed by atoms with Crippen molar-refractivity contribution in [2.24, 2.45) is 0 Å². The number of hydrogen-bond acceptors (Lipinski definition) is 3. The molecule has 3 heteroatoms. The largest absolute Gasteiger partial charge is 0.376 e. The lowest BCUT2D eigenvalue weighted by Gasteiger charge is -2.31. The minimum Gasteiger partial charge on any atom is -0.376 e. The minimum absolute atomic E-state index is 0.198. The molecular weight excluding hydrogens is 238 g/mol. The highest BCUT2D eigenvalue weighted by Crippen LogP contribution is 2.13. The molecule has 1 aromatic carbocycles. The average molecular weight is 263 g/mol. The van der Waals surface area contributed by atoms with Gasteiger partial charge in [0.1, 0.15) is 0 Å². The van der Waals surface area contributed by atoms with Gasteiger partial charge < -0.3 is 14.8 Å². The maximum atomic E-state index is 5.84. The number of ether oxygens (including phenoxy) is 2. The molecule has 2 unspecified atom stereocenters. The average Bonchev–Trinajstić information content (AvgIpc) is 2.49. The van der Waals surface area contributed by atoms with Gasteiger partial charge in [-0.2, -0.15) is 0 Å². The van der Waals surface area contributed by atoms with E-state index in [0.29, 0.717) is 6.04 Å². The fourth-order valence-corrected chi connectivity index (χ4v) is 2.45. The summed E-state index contributed by atoms with van der Waals surface area (Å²) in [5.74, 6) is 0. The highest BCUT2D eigenvalue weighted by molar-refractivity contribution is 5.14. The maximum Gasteiger partial charge on any atom is 0.0962 e. The molecule has 0 radical (unpaired) electrons. The Morgan fingerprint density at radius 1 is 1.26 bits per heavy atom. The lowest BCUT2D eigenvalue weighted by atomic mass is 10.0. The second-order valence-corrected chi connectivity index (χ2v) is 5.07. The molecule has 19 heavy (non-hydrogen) atoms. The number of aryl methyl sites for hydroxylation is 1. The van der Waals surface area contributed by atoms with E-state index in [1.54, 1.807) is 0 Å². The standard InChI is InChI=1S/C16H25NO2/c1-2-10-17-15(16-13-18-11-12-19-16)9-8-14-6-4-3-5-7-14/h3-7,15-17H,2,8-13H2,1H3. The second-order valence-electron chi connectivity index (χ2n) is 5.07. The molecule has 1 fully saturated rings. The summed E-state index contributed by atoms with van der Waals surface area (Å²) in [4.78, 5) is 0. The number of rotatable bonds is 7. The Bertz CT molecular complexity index is 336. The monoisotopic (exact) mass is 263 g/mol. The molecule has 0 aromatic heterocycles. The van der Waals surface area contributed by atoms with Crippen LogP contribution < -0.4 is 5.32 Å². The Balaban J connectivity index is 1.85. The van der Waals surface area contributed by atoms with Gasteiger partial charge in [-0.1, -0.05) is 37.3 Å². The molecule has 1 aromatic rings. The van der Waals surface area contributed by atoms with Crippen molar-refractivity contribution in [3.63, 3.8) is 0 Å².